The van der Waals surface area contributed by atoms with E-state index in [0.29, 0.717) is 6.07 Å². The summed E-state index contributed by atoms with van der Waals surface area (Å²) in [5.74, 6) is -2.64. The molecule has 1 saturated heterocycles. The normalized spacial score (nSPS) is 17.5. The minimum atomic E-state index is -5.17. The predicted molar refractivity (Wildman–Crippen MR) is 145 cm³/mol. The van der Waals surface area contributed by atoms with Crippen molar-refractivity contribution in [3.8, 4) is 11.5 Å². The van der Waals surface area contributed by atoms with Crippen molar-refractivity contribution in [3.63, 3.8) is 0 Å². The van der Waals surface area contributed by atoms with Crippen molar-refractivity contribution in [2.45, 2.75) is 33.9 Å². The number of nitrogens with one attached hydrogen (secondary N) is 1. The Kier molecular flexibility index (Phi) is 10.0. The topological polar surface area (TPSA) is 296 Å². The van der Waals surface area contributed by atoms with Crippen LogP contribution in [0.3, 0.4) is 0 Å². The molecular weight excluding hydrogens is 726 g/mol. The molecule has 0 amide bonds. The first kappa shape index (κ1) is 35.5. The molecule has 2 unspecified atom stereocenters. The van der Waals surface area contributed by atoms with E-state index in [1.807, 2.05) is 0 Å². The van der Waals surface area contributed by atoms with Crippen LogP contribution < -0.4 is 5.32 Å². The predicted octanol–water partition coefficient (Wildman–Crippen LogP) is 1.91. The fourth-order valence-electron chi connectivity index (χ4n) is 3.76. The summed E-state index contributed by atoms with van der Waals surface area (Å²) in [4.78, 5) is -2.25. The molecule has 6 N–H and O–H groups in total. The summed E-state index contributed by atoms with van der Waals surface area (Å²) < 4.78 is 131. The van der Waals surface area contributed by atoms with E-state index in [9.17, 15) is 53.0 Å². The Balaban J connectivity index is 0.00000529. The Morgan fingerprint density at radius 1 is 0.886 bits per heavy atom. The molecule has 1 radical (unpaired) electrons. The van der Waals surface area contributed by atoms with Crippen LogP contribution in [0.25, 0.3) is 10.8 Å². The van der Waals surface area contributed by atoms with Gasteiger partial charge in [-0.1, -0.05) is 0 Å². The number of aromatic hydroxyl groups is 2. The molecule has 1 aliphatic rings. The fourth-order valence-corrected chi connectivity index (χ4v) is 6.46. The Labute approximate surface area is 260 Å². The Morgan fingerprint density at radius 3 is 2.05 bits per heavy atom. The molecule has 23 heteroatoms. The number of fused-ring (bicyclic) bond motifs is 1. The molecule has 245 valence electrons. The van der Waals surface area contributed by atoms with Crippen molar-refractivity contribution in [2.24, 2.45) is 10.2 Å². The van der Waals surface area contributed by atoms with Gasteiger partial charge in [-0.25, -0.2) is 12.6 Å². The maximum absolute atomic E-state index is 12.4. The van der Waals surface area contributed by atoms with Crippen LogP contribution in [0.2, 0.25) is 0 Å². The number of epoxide rings is 1. The first-order chi connectivity index (χ1) is 19.7. The summed E-state index contributed by atoms with van der Waals surface area (Å²) in [5, 5.41) is 30.9. The molecule has 4 rings (SSSR count). The zero-order valence-corrected chi connectivity index (χ0v) is 25.9. The van der Waals surface area contributed by atoms with Gasteiger partial charge in [-0.3, -0.25) is 13.7 Å². The van der Waals surface area contributed by atoms with Gasteiger partial charge >= 0.3 is 10.4 Å². The maximum atomic E-state index is 12.4. The van der Waals surface area contributed by atoms with Gasteiger partial charge in [0.05, 0.1) is 22.2 Å². The smallest absolute Gasteiger partial charge is 0.397 e. The third-order valence-electron chi connectivity index (χ3n) is 5.86. The number of azo groups is 1. The number of hydrogen-bond acceptors (Lipinski definition) is 15. The molecule has 3 aromatic rings. The van der Waals surface area contributed by atoms with Crippen molar-refractivity contribution < 1.29 is 83.5 Å². The Morgan fingerprint density at radius 2 is 1.52 bits per heavy atom. The van der Waals surface area contributed by atoms with E-state index in [-0.39, 0.29) is 39.6 Å². The molecule has 0 bridgehead atoms. The number of phenolic OH excluding ortho intramolecular Hbond substituents is 2. The summed E-state index contributed by atoms with van der Waals surface area (Å²) in [6.07, 6.45) is -0.968. The zero-order valence-electron chi connectivity index (χ0n) is 21.7. The molecule has 0 aliphatic carbocycles. The van der Waals surface area contributed by atoms with Crippen LogP contribution in [-0.4, -0.2) is 82.2 Å². The van der Waals surface area contributed by atoms with Crippen molar-refractivity contribution in [2.75, 3.05) is 17.7 Å². The van der Waals surface area contributed by atoms with Crippen molar-refractivity contribution in [3.05, 3.63) is 36.4 Å². The van der Waals surface area contributed by atoms with Gasteiger partial charge in [0.15, 0.2) is 21.8 Å². The van der Waals surface area contributed by atoms with Gasteiger partial charge < -0.3 is 20.3 Å². The number of anilines is 1. The van der Waals surface area contributed by atoms with Gasteiger partial charge in [-0.2, -0.15) is 25.3 Å². The van der Waals surface area contributed by atoms with Gasteiger partial charge in [-0.05, 0) is 42.6 Å². The fraction of sp³-hybridized carbons (Fsp3) is 0.238. The molecule has 1 heterocycles. The molecule has 1 aliphatic heterocycles. The van der Waals surface area contributed by atoms with Gasteiger partial charge in [0.25, 0.3) is 20.2 Å². The Hall–Kier alpha value is -2.96. The Bertz CT molecular complexity index is 2100. The first-order valence-corrected chi connectivity index (χ1v) is 17.4. The van der Waals surface area contributed by atoms with Crippen LogP contribution in [0.15, 0.2) is 61.3 Å². The van der Waals surface area contributed by atoms with Crippen molar-refractivity contribution >= 4 is 68.3 Å². The van der Waals surface area contributed by atoms with Crippen molar-refractivity contribution in [1.29, 1.82) is 0 Å². The second kappa shape index (κ2) is 12.4. The summed E-state index contributed by atoms with van der Waals surface area (Å²) in [6, 6.07) is 5.07. The van der Waals surface area contributed by atoms with Crippen LogP contribution in [0.5, 0.6) is 11.5 Å². The molecule has 44 heavy (non-hydrogen) atoms. The van der Waals surface area contributed by atoms with E-state index < -0.39 is 96.6 Å². The van der Waals surface area contributed by atoms with E-state index in [0.717, 1.165) is 30.3 Å². The van der Waals surface area contributed by atoms with Crippen LogP contribution in [0.4, 0.5) is 17.1 Å². The van der Waals surface area contributed by atoms with Gasteiger partial charge in [0.2, 0.25) is 0 Å². The quantitative estimate of drug-likeness (QED) is 0.0706. The van der Waals surface area contributed by atoms with E-state index in [2.05, 4.69) is 19.7 Å². The van der Waals surface area contributed by atoms with Gasteiger partial charge in [0, 0.05) is 34.2 Å². The molecule has 0 aromatic heterocycles. The third-order valence-corrected chi connectivity index (χ3v) is 9.70. The summed E-state index contributed by atoms with van der Waals surface area (Å²) >= 11 is 0. The number of hydrogen-bond donors (Lipinski definition) is 6. The monoisotopic (exact) mass is 746 g/mol. The summed E-state index contributed by atoms with van der Waals surface area (Å²) in [7, 11) is -19.1. The number of ether oxygens (including phenoxy) is 1. The van der Waals surface area contributed by atoms with E-state index >= 15 is 0 Å². The van der Waals surface area contributed by atoms with Gasteiger partial charge in [-0.15, -0.1) is 10.2 Å². The van der Waals surface area contributed by atoms with E-state index in [1.165, 1.54) is 0 Å². The summed E-state index contributed by atoms with van der Waals surface area (Å²) in [5.41, 5.74) is -1.44. The molecular formula is C21H21CuN3O15S4. The number of benzene rings is 3. The van der Waals surface area contributed by atoms with E-state index in [1.54, 1.807) is 6.92 Å². The molecule has 3 aromatic carbocycles. The number of rotatable bonds is 11. The SMILES string of the molecule is CC1OC1Nc1cc(S(=O)(=O)O)cc2cc(S(=O)(=O)O)c(N=Nc3ccc(S(=O)(=O)CCOS(=O)(=O)O)cc3O)c(O)c12.[Cu]. The minimum absolute atomic E-state index is 0. The summed E-state index contributed by atoms with van der Waals surface area (Å²) in [6.45, 7) is 0.732. The molecule has 2 atom stereocenters. The molecule has 0 spiro atoms. The van der Waals surface area contributed by atoms with Crippen LogP contribution in [-0.2, 0) is 66.5 Å². The largest absolute Gasteiger partial charge is 0.506 e. The van der Waals surface area contributed by atoms with Crippen molar-refractivity contribution in [1.82, 2.24) is 0 Å². The van der Waals surface area contributed by atoms with Crippen LogP contribution in [0.1, 0.15) is 6.92 Å². The average Bonchev–Trinajstić information content (AvgIpc) is 3.55. The average molecular weight is 747 g/mol. The second-order valence-corrected chi connectivity index (χ2v) is 14.9. The maximum Gasteiger partial charge on any atom is 0.397 e. The zero-order chi connectivity index (χ0) is 32.1. The van der Waals surface area contributed by atoms with E-state index in [4.69, 9.17) is 9.29 Å². The first-order valence-electron chi connectivity index (χ1n) is 11.5. The van der Waals surface area contributed by atoms with Crippen LogP contribution >= 0.6 is 0 Å². The number of phenols is 2. The van der Waals surface area contributed by atoms with Gasteiger partial charge in [0.1, 0.15) is 28.1 Å². The second-order valence-electron chi connectivity index (χ2n) is 8.92. The number of sulfone groups is 1. The molecule has 0 saturated carbocycles. The minimum Gasteiger partial charge on any atom is -0.506 e. The standard InChI is InChI=1S/C21H21N3O15S4.Cu/c1-10-21(39-10)22-15-8-13(41(29,30)31)6-11-7-17(42(32,33)34)19(20(26)18(11)15)24-23-14-3-2-12(9-16(14)25)40(27,28)5-4-38-43(35,36)37;/h2-3,6-10,21-22,25-26H,4-5H2,1H3,(H,29,30,31)(H,32,33,34)(H,35,36,37);. The number of nitrogens with zero attached hydrogens (tertiary/aromatic N) is 2. The third kappa shape index (κ3) is 8.19. The van der Waals surface area contributed by atoms with Crippen LogP contribution in [0, 0.1) is 0 Å². The molecule has 1 fully saturated rings. The molecule has 18 nitrogen and oxygen atoms in total.